The highest BCUT2D eigenvalue weighted by Crippen LogP contribution is 2.18. The Labute approximate surface area is 136 Å². The van der Waals surface area contributed by atoms with E-state index in [1.165, 1.54) is 0 Å². The van der Waals surface area contributed by atoms with E-state index in [1.807, 2.05) is 0 Å². The quantitative estimate of drug-likeness (QED) is 0.626. The van der Waals surface area contributed by atoms with Crippen molar-refractivity contribution in [2.24, 2.45) is 0 Å². The zero-order chi connectivity index (χ0) is 16.7. The summed E-state index contributed by atoms with van der Waals surface area (Å²) in [5, 5.41) is 17.8. The van der Waals surface area contributed by atoms with Crippen molar-refractivity contribution in [2.45, 2.75) is 37.8 Å². The van der Waals surface area contributed by atoms with Crippen LogP contribution in [0, 0.1) is 0 Å². The van der Waals surface area contributed by atoms with Crippen LogP contribution < -0.4 is 16.0 Å². The Hall–Kier alpha value is -2.34. The molecule has 0 atom stereocenters. The molecule has 124 valence electrons. The number of aliphatic hydroxyl groups is 1. The summed E-state index contributed by atoms with van der Waals surface area (Å²) in [6.45, 7) is 3.96. The lowest BCUT2D eigenvalue weighted by Crippen LogP contribution is -2.40. The normalized spacial score (nSPS) is 20.4. The van der Waals surface area contributed by atoms with Crippen LogP contribution in [0.5, 0.6) is 0 Å². The molecule has 0 unspecified atom stereocenters. The first-order valence-corrected chi connectivity index (χ1v) is 7.83. The number of carbonyl (C=O) groups is 2. The fourth-order valence-corrected chi connectivity index (χ4v) is 2.54. The Morgan fingerprint density at radius 3 is 2.43 bits per heavy atom. The number of aliphatic hydroxyl groups excluding tert-OH is 1. The molecule has 0 saturated heterocycles. The van der Waals surface area contributed by atoms with Crippen molar-refractivity contribution in [2.75, 3.05) is 11.9 Å². The summed E-state index contributed by atoms with van der Waals surface area (Å²) in [4.78, 5) is 23.7. The van der Waals surface area contributed by atoms with Crippen molar-refractivity contribution >= 4 is 17.6 Å². The lowest BCUT2D eigenvalue weighted by atomic mass is 9.93. The molecule has 0 heterocycles. The molecular weight excluding hydrogens is 294 g/mol. The van der Waals surface area contributed by atoms with Crippen molar-refractivity contribution in [3.05, 3.63) is 42.5 Å². The zero-order valence-electron chi connectivity index (χ0n) is 13.0. The summed E-state index contributed by atoms with van der Waals surface area (Å²) in [5.41, 5.74) is 1.15. The molecule has 1 saturated carbocycles. The van der Waals surface area contributed by atoms with Gasteiger partial charge in [-0.15, -0.1) is 6.58 Å². The molecule has 0 aliphatic heterocycles. The lowest BCUT2D eigenvalue weighted by molar-refractivity contribution is 0.0958. The number of rotatable bonds is 5. The zero-order valence-corrected chi connectivity index (χ0v) is 13.0. The summed E-state index contributed by atoms with van der Waals surface area (Å²) in [6, 6.07) is 6.52. The second-order valence-corrected chi connectivity index (χ2v) is 5.68. The van der Waals surface area contributed by atoms with Gasteiger partial charge in [-0.1, -0.05) is 6.08 Å². The third-order valence-electron chi connectivity index (χ3n) is 3.84. The van der Waals surface area contributed by atoms with Crippen LogP contribution in [0.15, 0.2) is 36.9 Å². The van der Waals surface area contributed by atoms with Gasteiger partial charge in [-0.25, -0.2) is 4.79 Å². The summed E-state index contributed by atoms with van der Waals surface area (Å²) in [6.07, 6.45) is 4.39. The summed E-state index contributed by atoms with van der Waals surface area (Å²) in [5.74, 6) is -0.179. The van der Waals surface area contributed by atoms with Gasteiger partial charge in [-0.05, 0) is 49.9 Å². The molecule has 23 heavy (non-hydrogen) atoms. The Morgan fingerprint density at radius 1 is 1.17 bits per heavy atom. The van der Waals surface area contributed by atoms with Crippen molar-refractivity contribution in [1.29, 1.82) is 0 Å². The van der Waals surface area contributed by atoms with Crippen LogP contribution in [0.3, 0.4) is 0 Å². The van der Waals surface area contributed by atoms with E-state index >= 15 is 0 Å². The van der Waals surface area contributed by atoms with Crippen molar-refractivity contribution in [3.8, 4) is 0 Å². The number of hydrogen-bond acceptors (Lipinski definition) is 3. The van der Waals surface area contributed by atoms with Crippen LogP contribution in [0.25, 0.3) is 0 Å². The largest absolute Gasteiger partial charge is 0.393 e. The molecule has 4 N–H and O–H groups in total. The Balaban J connectivity index is 1.82. The molecule has 0 aromatic heterocycles. The van der Waals surface area contributed by atoms with Gasteiger partial charge < -0.3 is 21.1 Å². The highest BCUT2D eigenvalue weighted by Gasteiger charge is 2.20. The number of urea groups is 1. The van der Waals surface area contributed by atoms with E-state index in [0.29, 0.717) is 17.8 Å². The predicted octanol–water partition coefficient (Wildman–Crippen LogP) is 2.03. The summed E-state index contributed by atoms with van der Waals surface area (Å²) >= 11 is 0. The van der Waals surface area contributed by atoms with Gasteiger partial charge >= 0.3 is 6.03 Å². The van der Waals surface area contributed by atoms with E-state index in [9.17, 15) is 14.7 Å². The van der Waals surface area contributed by atoms with E-state index in [4.69, 9.17) is 0 Å². The Bertz CT molecular complexity index is 549. The van der Waals surface area contributed by atoms with E-state index in [2.05, 4.69) is 22.5 Å². The Morgan fingerprint density at radius 2 is 1.83 bits per heavy atom. The predicted molar refractivity (Wildman–Crippen MR) is 89.4 cm³/mol. The third kappa shape index (κ3) is 5.41. The fourth-order valence-electron chi connectivity index (χ4n) is 2.54. The van der Waals surface area contributed by atoms with Crippen LogP contribution in [0.1, 0.15) is 36.0 Å². The first kappa shape index (κ1) is 17.0. The molecule has 1 aliphatic carbocycles. The summed E-state index contributed by atoms with van der Waals surface area (Å²) in [7, 11) is 0. The van der Waals surface area contributed by atoms with Gasteiger partial charge in [0.25, 0.3) is 5.91 Å². The molecule has 1 fully saturated rings. The average molecular weight is 317 g/mol. The standard InChI is InChI=1S/C17H23N3O3/c1-2-11-18-16(22)12-3-5-13(6-4-12)19-17(23)20-14-7-9-15(21)10-8-14/h2-6,14-15,21H,1,7-11H2,(H,18,22)(H2,19,20,23). The third-order valence-corrected chi connectivity index (χ3v) is 3.84. The molecule has 0 radical (unpaired) electrons. The van der Waals surface area contributed by atoms with Crippen LogP contribution in [-0.2, 0) is 0 Å². The molecule has 1 aromatic carbocycles. The first-order chi connectivity index (χ1) is 11.1. The van der Waals surface area contributed by atoms with E-state index in [0.717, 1.165) is 25.7 Å². The molecule has 3 amide bonds. The van der Waals surface area contributed by atoms with E-state index in [-0.39, 0.29) is 24.1 Å². The lowest BCUT2D eigenvalue weighted by Gasteiger charge is -2.26. The molecule has 0 bridgehead atoms. The van der Waals surface area contributed by atoms with Crippen molar-refractivity contribution in [3.63, 3.8) is 0 Å². The van der Waals surface area contributed by atoms with Crippen LogP contribution in [0.4, 0.5) is 10.5 Å². The molecular formula is C17H23N3O3. The highest BCUT2D eigenvalue weighted by molar-refractivity contribution is 5.95. The maximum Gasteiger partial charge on any atom is 0.319 e. The highest BCUT2D eigenvalue weighted by atomic mass is 16.3. The number of carbonyl (C=O) groups excluding carboxylic acids is 2. The van der Waals surface area contributed by atoms with Crippen molar-refractivity contribution < 1.29 is 14.7 Å². The minimum absolute atomic E-state index is 0.0994. The topological polar surface area (TPSA) is 90.5 Å². The molecule has 6 nitrogen and oxygen atoms in total. The molecule has 0 spiro atoms. The number of nitrogens with one attached hydrogen (secondary N) is 3. The minimum Gasteiger partial charge on any atom is -0.393 e. The minimum atomic E-state index is -0.268. The van der Waals surface area contributed by atoms with E-state index < -0.39 is 0 Å². The van der Waals surface area contributed by atoms with Gasteiger partial charge in [0, 0.05) is 23.8 Å². The van der Waals surface area contributed by atoms with Gasteiger partial charge in [0.15, 0.2) is 0 Å². The maximum absolute atomic E-state index is 11.9. The second-order valence-electron chi connectivity index (χ2n) is 5.68. The molecule has 1 aromatic rings. The first-order valence-electron chi connectivity index (χ1n) is 7.83. The van der Waals surface area contributed by atoms with Gasteiger partial charge in [-0.2, -0.15) is 0 Å². The fraction of sp³-hybridized carbons (Fsp3) is 0.412. The van der Waals surface area contributed by atoms with Gasteiger partial charge in [0.05, 0.1) is 6.10 Å². The number of benzene rings is 1. The molecule has 1 aliphatic rings. The van der Waals surface area contributed by atoms with Crippen LogP contribution in [0.2, 0.25) is 0 Å². The SMILES string of the molecule is C=CCNC(=O)c1ccc(NC(=O)NC2CCC(O)CC2)cc1. The van der Waals surface area contributed by atoms with Gasteiger partial charge in [0.2, 0.25) is 0 Å². The Kier molecular flexibility index (Phi) is 6.17. The maximum atomic E-state index is 11.9. The number of hydrogen-bond donors (Lipinski definition) is 4. The monoisotopic (exact) mass is 317 g/mol. The smallest absolute Gasteiger partial charge is 0.319 e. The molecule has 2 rings (SSSR count). The number of anilines is 1. The number of amides is 3. The summed E-state index contributed by atoms with van der Waals surface area (Å²) < 4.78 is 0. The second kappa shape index (κ2) is 8.33. The van der Waals surface area contributed by atoms with Crippen molar-refractivity contribution in [1.82, 2.24) is 10.6 Å². The average Bonchev–Trinajstić information content (AvgIpc) is 2.55. The molecule has 6 heteroatoms. The van der Waals surface area contributed by atoms with Crippen LogP contribution in [-0.4, -0.2) is 35.7 Å². The van der Waals surface area contributed by atoms with Gasteiger partial charge in [0.1, 0.15) is 0 Å². The van der Waals surface area contributed by atoms with Gasteiger partial charge in [-0.3, -0.25) is 4.79 Å². The van der Waals surface area contributed by atoms with Crippen LogP contribution >= 0.6 is 0 Å². The van der Waals surface area contributed by atoms with E-state index in [1.54, 1.807) is 30.3 Å².